The van der Waals surface area contributed by atoms with Crippen molar-refractivity contribution >= 4 is 29.0 Å². The first-order valence-electron chi connectivity index (χ1n) is 11.6. The third kappa shape index (κ3) is 4.23. The molecule has 2 heterocycles. The van der Waals surface area contributed by atoms with Gasteiger partial charge in [0.1, 0.15) is 11.8 Å². The minimum Gasteiger partial charge on any atom is -0.425 e. The molecule has 3 aromatic rings. The fourth-order valence-corrected chi connectivity index (χ4v) is 4.83. The number of hydrogen-bond acceptors (Lipinski definition) is 5. The number of carbonyl (C=O) groups is 3. The van der Waals surface area contributed by atoms with Crippen molar-refractivity contribution in [1.82, 2.24) is 4.90 Å². The van der Waals surface area contributed by atoms with Gasteiger partial charge >= 0.3 is 5.97 Å². The van der Waals surface area contributed by atoms with E-state index in [4.69, 9.17) is 4.74 Å². The number of ether oxygens (including phenoxy) is 1. The van der Waals surface area contributed by atoms with Gasteiger partial charge in [-0.05, 0) is 56.2 Å². The van der Waals surface area contributed by atoms with Crippen LogP contribution in [0.2, 0.25) is 0 Å². The van der Waals surface area contributed by atoms with Crippen LogP contribution in [0, 0.1) is 0 Å². The van der Waals surface area contributed by atoms with Gasteiger partial charge in [-0.2, -0.15) is 0 Å². The second kappa shape index (κ2) is 8.55. The standard InChI is InChI=1S/C29H26N2O4/c1-18-17-29(2,3)30-24-16-20(13-14-21(18)24)35-28(34)25(15-19-9-5-4-6-10-19)31-26(32)22-11-7-8-12-23(22)27(31)33/h4-14,16-17,25,30H,15H2,1-3H3. The number of nitrogens with one attached hydrogen (secondary N) is 1. The number of imide groups is 1. The molecule has 35 heavy (non-hydrogen) atoms. The summed E-state index contributed by atoms with van der Waals surface area (Å²) in [6, 6.07) is 20.2. The molecule has 2 aliphatic rings. The van der Waals surface area contributed by atoms with Crippen LogP contribution in [-0.2, 0) is 11.2 Å². The van der Waals surface area contributed by atoms with Crippen molar-refractivity contribution in [2.24, 2.45) is 0 Å². The predicted octanol–water partition coefficient (Wildman–Crippen LogP) is 5.11. The molecule has 176 valence electrons. The fourth-order valence-electron chi connectivity index (χ4n) is 4.83. The molecule has 6 nitrogen and oxygen atoms in total. The van der Waals surface area contributed by atoms with E-state index in [0.717, 1.165) is 27.3 Å². The van der Waals surface area contributed by atoms with Gasteiger partial charge in [0.25, 0.3) is 11.8 Å². The fraction of sp³-hybridized carbons (Fsp3) is 0.207. The molecule has 1 unspecified atom stereocenters. The van der Waals surface area contributed by atoms with Crippen molar-refractivity contribution in [2.45, 2.75) is 38.8 Å². The van der Waals surface area contributed by atoms with Crippen molar-refractivity contribution in [1.29, 1.82) is 0 Å². The lowest BCUT2D eigenvalue weighted by Crippen LogP contribution is -2.48. The highest BCUT2D eigenvalue weighted by atomic mass is 16.5. The number of anilines is 1. The van der Waals surface area contributed by atoms with Crippen molar-refractivity contribution in [2.75, 3.05) is 5.32 Å². The minimum absolute atomic E-state index is 0.156. The zero-order valence-corrected chi connectivity index (χ0v) is 19.9. The average Bonchev–Trinajstić information content (AvgIpc) is 3.07. The summed E-state index contributed by atoms with van der Waals surface area (Å²) in [7, 11) is 0. The van der Waals surface area contributed by atoms with E-state index >= 15 is 0 Å². The van der Waals surface area contributed by atoms with Crippen LogP contribution in [0.3, 0.4) is 0 Å². The molecular formula is C29H26N2O4. The topological polar surface area (TPSA) is 75.7 Å². The highest BCUT2D eigenvalue weighted by Gasteiger charge is 2.43. The number of rotatable bonds is 5. The largest absolute Gasteiger partial charge is 0.425 e. The van der Waals surface area contributed by atoms with E-state index in [9.17, 15) is 14.4 Å². The first kappa shape index (κ1) is 22.6. The van der Waals surface area contributed by atoms with Gasteiger partial charge in [0.05, 0.1) is 16.7 Å². The molecule has 0 saturated carbocycles. The lowest BCUT2D eigenvalue weighted by molar-refractivity contribution is -0.138. The highest BCUT2D eigenvalue weighted by Crippen LogP contribution is 2.36. The number of allylic oxidation sites excluding steroid dienone is 1. The van der Waals surface area contributed by atoms with Gasteiger partial charge < -0.3 is 10.1 Å². The summed E-state index contributed by atoms with van der Waals surface area (Å²) in [4.78, 5) is 40.9. The van der Waals surface area contributed by atoms with Gasteiger partial charge in [0.2, 0.25) is 0 Å². The molecule has 2 amide bonds. The van der Waals surface area contributed by atoms with Crippen LogP contribution in [0.25, 0.3) is 5.57 Å². The first-order valence-corrected chi connectivity index (χ1v) is 11.6. The zero-order valence-electron chi connectivity index (χ0n) is 19.9. The number of hydrogen-bond donors (Lipinski definition) is 1. The van der Waals surface area contributed by atoms with E-state index < -0.39 is 23.8 Å². The Balaban J connectivity index is 1.46. The van der Waals surface area contributed by atoms with E-state index in [1.54, 1.807) is 36.4 Å². The molecule has 6 heteroatoms. The van der Waals surface area contributed by atoms with E-state index in [1.165, 1.54) is 0 Å². The van der Waals surface area contributed by atoms with Crippen LogP contribution in [0.15, 0.2) is 78.9 Å². The molecule has 0 bridgehead atoms. The van der Waals surface area contributed by atoms with Crippen LogP contribution < -0.4 is 10.1 Å². The van der Waals surface area contributed by atoms with Crippen molar-refractivity contribution in [3.8, 4) is 5.75 Å². The number of benzene rings is 3. The van der Waals surface area contributed by atoms with Gasteiger partial charge in [0, 0.05) is 23.7 Å². The summed E-state index contributed by atoms with van der Waals surface area (Å²) >= 11 is 0. The summed E-state index contributed by atoms with van der Waals surface area (Å²) in [6.07, 6.45) is 2.31. The Labute approximate surface area is 204 Å². The quantitative estimate of drug-likeness (QED) is 0.321. The highest BCUT2D eigenvalue weighted by molar-refractivity contribution is 6.22. The maximum atomic E-state index is 13.5. The van der Waals surface area contributed by atoms with Crippen LogP contribution in [0.5, 0.6) is 5.75 Å². The molecule has 0 aromatic heterocycles. The van der Waals surface area contributed by atoms with E-state index in [1.807, 2.05) is 43.3 Å². The number of fused-ring (bicyclic) bond motifs is 2. The molecule has 3 aromatic carbocycles. The van der Waals surface area contributed by atoms with Gasteiger partial charge in [-0.15, -0.1) is 0 Å². The molecule has 1 atom stereocenters. The van der Waals surface area contributed by atoms with Gasteiger partial charge in [0.15, 0.2) is 0 Å². The number of carbonyl (C=O) groups excluding carboxylic acids is 3. The van der Waals surface area contributed by atoms with Crippen LogP contribution >= 0.6 is 0 Å². The van der Waals surface area contributed by atoms with Gasteiger partial charge in [-0.25, -0.2) is 4.79 Å². The van der Waals surface area contributed by atoms with E-state index in [-0.39, 0.29) is 12.0 Å². The van der Waals surface area contributed by atoms with Crippen molar-refractivity contribution < 1.29 is 19.1 Å². The molecule has 2 aliphatic heterocycles. The van der Waals surface area contributed by atoms with Crippen LogP contribution in [-0.4, -0.2) is 34.3 Å². The average molecular weight is 467 g/mol. The molecule has 0 fully saturated rings. The maximum Gasteiger partial charge on any atom is 0.335 e. The lowest BCUT2D eigenvalue weighted by atomic mass is 9.91. The van der Waals surface area contributed by atoms with Crippen LogP contribution in [0.1, 0.15) is 52.6 Å². The van der Waals surface area contributed by atoms with Crippen LogP contribution in [0.4, 0.5) is 5.69 Å². The predicted molar refractivity (Wildman–Crippen MR) is 134 cm³/mol. The minimum atomic E-state index is -1.10. The molecule has 5 rings (SSSR count). The monoisotopic (exact) mass is 466 g/mol. The third-order valence-electron chi connectivity index (χ3n) is 6.35. The number of amides is 2. The van der Waals surface area contributed by atoms with Crippen molar-refractivity contribution in [3.63, 3.8) is 0 Å². The summed E-state index contributed by atoms with van der Waals surface area (Å²) in [5.74, 6) is -1.29. The molecule has 1 N–H and O–H groups in total. The van der Waals surface area contributed by atoms with Crippen molar-refractivity contribution in [3.05, 3.63) is 101 Å². The number of nitrogens with zero attached hydrogens (tertiary/aromatic N) is 1. The first-order chi connectivity index (χ1) is 16.7. The number of esters is 1. The molecular weight excluding hydrogens is 440 g/mol. The SMILES string of the molecule is CC1=CC(C)(C)Nc2cc(OC(=O)C(Cc3ccccc3)N3C(=O)c4ccccc4C3=O)ccc21. The Morgan fingerprint density at radius 1 is 0.914 bits per heavy atom. The Kier molecular flexibility index (Phi) is 5.52. The second-order valence-electron chi connectivity index (χ2n) is 9.53. The Morgan fingerprint density at radius 3 is 2.20 bits per heavy atom. The molecule has 0 radical (unpaired) electrons. The van der Waals surface area contributed by atoms with Gasteiger partial charge in [-0.1, -0.05) is 48.5 Å². The Morgan fingerprint density at radius 2 is 1.54 bits per heavy atom. The summed E-state index contributed by atoms with van der Waals surface area (Å²) < 4.78 is 5.78. The molecule has 0 saturated heterocycles. The smallest absolute Gasteiger partial charge is 0.335 e. The summed E-state index contributed by atoms with van der Waals surface area (Å²) in [6.45, 7) is 6.18. The second-order valence-corrected chi connectivity index (χ2v) is 9.53. The van der Waals surface area contributed by atoms with E-state index in [2.05, 4.69) is 25.2 Å². The zero-order chi connectivity index (χ0) is 24.7. The Bertz CT molecular complexity index is 1340. The summed E-state index contributed by atoms with van der Waals surface area (Å²) in [5, 5.41) is 3.44. The van der Waals surface area contributed by atoms with Gasteiger partial charge in [-0.3, -0.25) is 14.5 Å². The lowest BCUT2D eigenvalue weighted by Gasteiger charge is -2.31. The summed E-state index contributed by atoms with van der Waals surface area (Å²) in [5.41, 5.74) is 4.20. The maximum absolute atomic E-state index is 13.5. The van der Waals surface area contributed by atoms with E-state index in [0.29, 0.717) is 16.9 Å². The molecule has 0 aliphatic carbocycles. The third-order valence-corrected chi connectivity index (χ3v) is 6.35. The molecule has 0 spiro atoms. The normalized spacial score (nSPS) is 16.7. The Hall–Kier alpha value is -4.19.